The number of aromatic nitrogens is 2. The van der Waals surface area contributed by atoms with Crippen LogP contribution in [0.2, 0.25) is 0 Å². The summed E-state index contributed by atoms with van der Waals surface area (Å²) >= 11 is 0. The Morgan fingerprint density at radius 2 is 1.68 bits per heavy atom. The van der Waals surface area contributed by atoms with E-state index in [1.165, 1.54) is 0 Å². The van der Waals surface area contributed by atoms with Gasteiger partial charge in [-0.05, 0) is 17.7 Å². The summed E-state index contributed by atoms with van der Waals surface area (Å²) < 4.78 is 1.78. The second-order valence-electron chi connectivity index (χ2n) is 6.67. The number of hydrogen-bond donors (Lipinski definition) is 0. The zero-order valence-electron chi connectivity index (χ0n) is 14.8. The summed E-state index contributed by atoms with van der Waals surface area (Å²) in [6.45, 7) is 6.25. The van der Waals surface area contributed by atoms with Gasteiger partial charge in [0.2, 0.25) is 11.8 Å². The lowest BCUT2D eigenvalue weighted by atomic mass is 10.1. The highest BCUT2D eigenvalue weighted by atomic mass is 16.2. The molecule has 0 unspecified atom stereocenters. The molecule has 2 heterocycles. The van der Waals surface area contributed by atoms with Gasteiger partial charge in [-0.15, -0.1) is 0 Å². The maximum Gasteiger partial charge on any atom is 0.227 e. The van der Waals surface area contributed by atoms with Gasteiger partial charge >= 0.3 is 0 Å². The number of hydrogen-bond acceptors (Lipinski definition) is 3. The Hall–Kier alpha value is -2.63. The SMILES string of the molecule is CC(C)C(=O)N1CCN(C(=O)Cc2cnn(-c3ccccc3)c2)CC1. The highest BCUT2D eigenvalue weighted by Crippen LogP contribution is 2.11. The molecule has 6 nitrogen and oxygen atoms in total. The minimum Gasteiger partial charge on any atom is -0.339 e. The standard InChI is InChI=1S/C19H24N4O2/c1-15(2)19(25)22-10-8-21(9-11-22)18(24)12-16-13-20-23(14-16)17-6-4-3-5-7-17/h3-7,13-15H,8-12H2,1-2H3. The minimum atomic E-state index is 0.00563. The molecule has 0 N–H and O–H groups in total. The fourth-order valence-corrected chi connectivity index (χ4v) is 3.00. The number of nitrogens with zero attached hydrogens (tertiary/aromatic N) is 4. The molecule has 0 spiro atoms. The molecule has 0 radical (unpaired) electrons. The smallest absolute Gasteiger partial charge is 0.227 e. The van der Waals surface area contributed by atoms with E-state index in [0.29, 0.717) is 32.6 Å². The quantitative estimate of drug-likeness (QED) is 0.852. The molecule has 0 atom stereocenters. The van der Waals surface area contributed by atoms with Crippen LogP contribution < -0.4 is 0 Å². The monoisotopic (exact) mass is 340 g/mol. The van der Waals surface area contributed by atoms with Gasteiger partial charge in [0.05, 0.1) is 18.3 Å². The molecule has 6 heteroatoms. The molecular formula is C19H24N4O2. The van der Waals surface area contributed by atoms with Crippen LogP contribution in [0.5, 0.6) is 0 Å². The van der Waals surface area contributed by atoms with Crippen molar-refractivity contribution in [1.82, 2.24) is 19.6 Å². The summed E-state index contributed by atoms with van der Waals surface area (Å²) in [6.07, 6.45) is 3.97. The van der Waals surface area contributed by atoms with Gasteiger partial charge in [0.25, 0.3) is 0 Å². The number of piperazine rings is 1. The van der Waals surface area contributed by atoms with Gasteiger partial charge in [0.15, 0.2) is 0 Å². The molecule has 25 heavy (non-hydrogen) atoms. The summed E-state index contributed by atoms with van der Waals surface area (Å²) in [5, 5.41) is 4.33. The zero-order valence-corrected chi connectivity index (χ0v) is 14.8. The van der Waals surface area contributed by atoms with Crippen molar-refractivity contribution in [2.45, 2.75) is 20.3 Å². The molecule has 1 fully saturated rings. The predicted octanol–water partition coefficient (Wildman–Crippen LogP) is 1.74. The third kappa shape index (κ3) is 4.07. The summed E-state index contributed by atoms with van der Waals surface area (Å²) in [6, 6.07) is 9.83. The van der Waals surface area contributed by atoms with Gasteiger partial charge < -0.3 is 9.80 Å². The lowest BCUT2D eigenvalue weighted by Gasteiger charge is -2.35. The van der Waals surface area contributed by atoms with Crippen molar-refractivity contribution >= 4 is 11.8 Å². The van der Waals surface area contributed by atoms with Crippen molar-refractivity contribution < 1.29 is 9.59 Å². The van der Waals surface area contributed by atoms with Crippen molar-refractivity contribution in [2.24, 2.45) is 5.92 Å². The molecule has 0 bridgehead atoms. The number of carbonyl (C=O) groups is 2. The van der Waals surface area contributed by atoms with Gasteiger partial charge in [-0.3, -0.25) is 9.59 Å². The lowest BCUT2D eigenvalue weighted by Crippen LogP contribution is -2.51. The highest BCUT2D eigenvalue weighted by molar-refractivity contribution is 5.80. The maximum absolute atomic E-state index is 12.5. The van der Waals surface area contributed by atoms with Crippen molar-refractivity contribution in [3.05, 3.63) is 48.3 Å². The van der Waals surface area contributed by atoms with E-state index in [4.69, 9.17) is 0 Å². The van der Waals surface area contributed by atoms with Gasteiger partial charge in [-0.2, -0.15) is 5.10 Å². The molecule has 1 aromatic carbocycles. The van der Waals surface area contributed by atoms with E-state index in [1.54, 1.807) is 10.9 Å². The molecule has 0 saturated carbocycles. The van der Waals surface area contributed by atoms with Gasteiger partial charge in [-0.1, -0.05) is 32.0 Å². The number of amides is 2. The Balaban J connectivity index is 1.55. The van der Waals surface area contributed by atoms with E-state index < -0.39 is 0 Å². The van der Waals surface area contributed by atoms with Crippen molar-refractivity contribution in [2.75, 3.05) is 26.2 Å². The van der Waals surface area contributed by atoms with Gasteiger partial charge in [-0.25, -0.2) is 4.68 Å². The first-order valence-electron chi connectivity index (χ1n) is 8.70. The van der Waals surface area contributed by atoms with E-state index >= 15 is 0 Å². The number of para-hydroxylation sites is 1. The fourth-order valence-electron chi connectivity index (χ4n) is 3.00. The van der Waals surface area contributed by atoms with Crippen molar-refractivity contribution in [3.8, 4) is 5.69 Å². The molecule has 2 aromatic rings. The normalized spacial score (nSPS) is 14.8. The second kappa shape index (κ2) is 7.51. The van der Waals surface area contributed by atoms with Crippen LogP contribution in [-0.2, 0) is 16.0 Å². The first-order valence-corrected chi connectivity index (χ1v) is 8.70. The third-order valence-electron chi connectivity index (χ3n) is 4.45. The van der Waals surface area contributed by atoms with E-state index in [-0.39, 0.29) is 17.7 Å². The first-order chi connectivity index (χ1) is 12.0. The molecule has 0 aliphatic carbocycles. The number of benzene rings is 1. The molecule has 1 aliphatic rings. The van der Waals surface area contributed by atoms with Crippen LogP contribution in [0, 0.1) is 5.92 Å². The molecule has 1 aliphatic heterocycles. The van der Waals surface area contributed by atoms with Crippen molar-refractivity contribution in [1.29, 1.82) is 0 Å². The summed E-state index contributed by atoms with van der Waals surface area (Å²) in [5.74, 6) is 0.256. The lowest BCUT2D eigenvalue weighted by molar-refractivity contribution is -0.141. The molecule has 132 valence electrons. The average molecular weight is 340 g/mol. The van der Waals surface area contributed by atoms with Crippen LogP contribution in [0.3, 0.4) is 0 Å². The van der Waals surface area contributed by atoms with E-state index in [9.17, 15) is 9.59 Å². The van der Waals surface area contributed by atoms with Crippen LogP contribution in [0.1, 0.15) is 19.4 Å². The van der Waals surface area contributed by atoms with E-state index in [1.807, 2.05) is 60.2 Å². The Kier molecular flexibility index (Phi) is 5.16. The van der Waals surface area contributed by atoms with Crippen LogP contribution >= 0.6 is 0 Å². The molecule has 3 rings (SSSR count). The van der Waals surface area contributed by atoms with Gasteiger partial charge in [0, 0.05) is 38.3 Å². The van der Waals surface area contributed by atoms with Gasteiger partial charge in [0.1, 0.15) is 0 Å². The molecule has 1 saturated heterocycles. The summed E-state index contributed by atoms with van der Waals surface area (Å²) in [7, 11) is 0. The first kappa shape index (κ1) is 17.2. The minimum absolute atomic E-state index is 0.00563. The van der Waals surface area contributed by atoms with E-state index in [2.05, 4.69) is 5.10 Å². The predicted molar refractivity (Wildman–Crippen MR) is 95.3 cm³/mol. The summed E-state index contributed by atoms with van der Waals surface area (Å²) in [5.41, 5.74) is 1.87. The molecule has 2 amide bonds. The van der Waals surface area contributed by atoms with E-state index in [0.717, 1.165) is 11.3 Å². The van der Waals surface area contributed by atoms with Crippen LogP contribution in [0.15, 0.2) is 42.7 Å². The largest absolute Gasteiger partial charge is 0.339 e. The second-order valence-corrected chi connectivity index (χ2v) is 6.67. The Labute approximate surface area is 148 Å². The highest BCUT2D eigenvalue weighted by Gasteiger charge is 2.25. The number of carbonyl (C=O) groups excluding carboxylic acids is 2. The summed E-state index contributed by atoms with van der Waals surface area (Å²) in [4.78, 5) is 28.2. The zero-order chi connectivity index (χ0) is 17.8. The average Bonchev–Trinajstić information content (AvgIpc) is 3.10. The number of rotatable bonds is 4. The molecule has 1 aromatic heterocycles. The van der Waals surface area contributed by atoms with Crippen LogP contribution in [0.4, 0.5) is 0 Å². The van der Waals surface area contributed by atoms with Crippen LogP contribution in [-0.4, -0.2) is 57.6 Å². The fraction of sp³-hybridized carbons (Fsp3) is 0.421. The molecular weight excluding hydrogens is 316 g/mol. The maximum atomic E-state index is 12.5. The Morgan fingerprint density at radius 1 is 1.04 bits per heavy atom. The Bertz CT molecular complexity index is 731. The topological polar surface area (TPSA) is 58.4 Å². The van der Waals surface area contributed by atoms with Crippen molar-refractivity contribution in [3.63, 3.8) is 0 Å². The third-order valence-corrected chi connectivity index (χ3v) is 4.45. The Morgan fingerprint density at radius 3 is 2.32 bits per heavy atom. The van der Waals surface area contributed by atoms with Crippen LogP contribution in [0.25, 0.3) is 5.69 Å².